The molecule has 2 aromatic rings. The van der Waals surface area contributed by atoms with Gasteiger partial charge in [0, 0.05) is 0 Å². The minimum Gasteiger partial charge on any atom is -0.425 e. The van der Waals surface area contributed by atoms with Gasteiger partial charge in [0.25, 0.3) is 0 Å². The Morgan fingerprint density at radius 3 is 1.86 bits per heavy atom. The van der Waals surface area contributed by atoms with Gasteiger partial charge < -0.3 is 10.0 Å². The maximum Gasteiger partial charge on any atom is 4.00 e. The van der Waals surface area contributed by atoms with Gasteiger partial charge in [-0.05, 0) is 0 Å². The van der Waals surface area contributed by atoms with Crippen LogP contribution in [0.2, 0.25) is 0 Å². The number of hydrogen-bond acceptors (Lipinski definition) is 2. The second kappa shape index (κ2) is 7.59. The molecule has 2 N–H and O–H groups in total. The summed E-state index contributed by atoms with van der Waals surface area (Å²) in [4.78, 5) is 0. The molecule has 0 bridgehead atoms. The van der Waals surface area contributed by atoms with Gasteiger partial charge in [-0.3, -0.25) is 0 Å². The predicted octanol–water partition coefficient (Wildman–Crippen LogP) is 0.488. The fraction of sp³-hybridized carbons (Fsp3) is 0. The third-order valence-electron chi connectivity index (χ3n) is 1.54. The van der Waals surface area contributed by atoms with E-state index in [0.717, 1.165) is 0 Å². The molecule has 72 valence electrons. The SMILES string of the molecule is OB(O)c1ccc[cH-]1.[Fe+4].c1cc[cH-]c1. The average molecular weight is 230 g/mol. The summed E-state index contributed by atoms with van der Waals surface area (Å²) in [5, 5.41) is 16.9. The summed E-state index contributed by atoms with van der Waals surface area (Å²) in [6.07, 6.45) is 0. The topological polar surface area (TPSA) is 40.5 Å². The fourth-order valence-corrected chi connectivity index (χ4v) is 0.882. The average Bonchev–Trinajstić information content (AvgIpc) is 2.82. The van der Waals surface area contributed by atoms with Gasteiger partial charge in [0.05, 0.1) is 0 Å². The van der Waals surface area contributed by atoms with Crippen LogP contribution < -0.4 is 5.46 Å². The summed E-state index contributed by atoms with van der Waals surface area (Å²) in [5.74, 6) is 0. The largest absolute Gasteiger partial charge is 4.00 e. The van der Waals surface area contributed by atoms with Crippen molar-refractivity contribution in [3.05, 3.63) is 54.6 Å². The summed E-state index contributed by atoms with van der Waals surface area (Å²) in [5.41, 5.74) is 0.546. The maximum absolute atomic E-state index is 8.47. The van der Waals surface area contributed by atoms with Crippen LogP contribution >= 0.6 is 0 Å². The molecular weight excluding hydrogens is 219 g/mol. The van der Waals surface area contributed by atoms with Gasteiger partial charge in [0.1, 0.15) is 0 Å². The van der Waals surface area contributed by atoms with Crippen LogP contribution in [0, 0.1) is 0 Å². The fourth-order valence-electron chi connectivity index (χ4n) is 0.882. The molecule has 0 atom stereocenters. The Morgan fingerprint density at radius 2 is 1.64 bits per heavy atom. The van der Waals surface area contributed by atoms with E-state index in [9.17, 15) is 0 Å². The third kappa shape index (κ3) is 5.05. The van der Waals surface area contributed by atoms with Crippen molar-refractivity contribution in [3.8, 4) is 0 Å². The standard InChI is InChI=1S/C5H6BO2.C5H5.Fe/c7-6(8)5-3-1-2-4-5;1-2-4-5-3-1;/h1-4,7-8H;1-5H;/q2*-1;+4. The summed E-state index contributed by atoms with van der Waals surface area (Å²) < 4.78 is 0. The monoisotopic (exact) mass is 230 g/mol. The van der Waals surface area contributed by atoms with Crippen molar-refractivity contribution in [1.82, 2.24) is 0 Å². The molecule has 2 nitrogen and oxygen atoms in total. The molecule has 0 saturated heterocycles. The van der Waals surface area contributed by atoms with E-state index in [-0.39, 0.29) is 17.1 Å². The van der Waals surface area contributed by atoms with Gasteiger partial charge in [-0.1, -0.05) is 0 Å². The zero-order valence-corrected chi connectivity index (χ0v) is 8.63. The van der Waals surface area contributed by atoms with Gasteiger partial charge in [-0.15, -0.1) is 5.46 Å². The smallest absolute Gasteiger partial charge is 0.425 e. The first-order valence-corrected chi connectivity index (χ1v) is 4.05. The Balaban J connectivity index is 0.000000246. The quantitative estimate of drug-likeness (QED) is 0.552. The Bertz CT molecular complexity index is 273. The molecule has 0 heterocycles. The molecule has 2 rings (SSSR count). The van der Waals surface area contributed by atoms with Gasteiger partial charge in [-0.2, -0.15) is 30.3 Å². The summed E-state index contributed by atoms with van der Waals surface area (Å²) in [7, 11) is -1.31. The van der Waals surface area contributed by atoms with Crippen molar-refractivity contribution in [2.45, 2.75) is 0 Å². The molecular formula is C10H11BFeO2+2. The van der Waals surface area contributed by atoms with Crippen LogP contribution in [0.1, 0.15) is 0 Å². The van der Waals surface area contributed by atoms with E-state index in [1.165, 1.54) is 0 Å². The minimum absolute atomic E-state index is 0. The zero-order chi connectivity index (χ0) is 9.52. The summed E-state index contributed by atoms with van der Waals surface area (Å²) in [6.45, 7) is 0. The first-order chi connectivity index (χ1) is 6.30. The van der Waals surface area contributed by atoms with E-state index in [1.54, 1.807) is 24.3 Å². The molecule has 0 unspecified atom stereocenters. The van der Waals surface area contributed by atoms with Crippen molar-refractivity contribution in [1.29, 1.82) is 0 Å². The predicted molar refractivity (Wildman–Crippen MR) is 53.9 cm³/mol. The van der Waals surface area contributed by atoms with Crippen molar-refractivity contribution in [2.24, 2.45) is 0 Å². The molecule has 0 fully saturated rings. The Kier molecular flexibility index (Phi) is 7.16. The van der Waals surface area contributed by atoms with Crippen LogP contribution in [0.25, 0.3) is 0 Å². The van der Waals surface area contributed by atoms with Gasteiger partial charge in [-0.25, -0.2) is 24.3 Å². The second-order valence-electron chi connectivity index (χ2n) is 2.55. The molecule has 2 aromatic carbocycles. The van der Waals surface area contributed by atoms with Crippen molar-refractivity contribution in [3.63, 3.8) is 0 Å². The van der Waals surface area contributed by atoms with Crippen molar-refractivity contribution in [2.75, 3.05) is 0 Å². The molecule has 0 aliphatic carbocycles. The van der Waals surface area contributed by atoms with Crippen LogP contribution in [0.15, 0.2) is 54.6 Å². The molecule has 4 heteroatoms. The van der Waals surface area contributed by atoms with E-state index < -0.39 is 7.12 Å². The van der Waals surface area contributed by atoms with E-state index in [4.69, 9.17) is 10.0 Å². The Hall–Kier alpha value is -0.796. The van der Waals surface area contributed by atoms with E-state index in [2.05, 4.69) is 0 Å². The van der Waals surface area contributed by atoms with Gasteiger partial charge in [0.15, 0.2) is 0 Å². The first kappa shape index (κ1) is 13.2. The summed E-state index contributed by atoms with van der Waals surface area (Å²) >= 11 is 0. The van der Waals surface area contributed by atoms with Crippen molar-refractivity contribution >= 4 is 12.6 Å². The zero-order valence-electron chi connectivity index (χ0n) is 7.52. The molecule has 0 aliphatic rings. The van der Waals surface area contributed by atoms with Crippen molar-refractivity contribution < 1.29 is 27.1 Å². The summed E-state index contributed by atoms with van der Waals surface area (Å²) in [6, 6.07) is 16.8. The Morgan fingerprint density at radius 1 is 1.00 bits per heavy atom. The van der Waals surface area contributed by atoms with E-state index in [1.807, 2.05) is 30.3 Å². The molecule has 0 aromatic heterocycles. The van der Waals surface area contributed by atoms with Crippen LogP contribution in [0.4, 0.5) is 0 Å². The second-order valence-corrected chi connectivity index (χ2v) is 2.55. The van der Waals surface area contributed by atoms with Gasteiger partial charge >= 0.3 is 24.2 Å². The van der Waals surface area contributed by atoms with Gasteiger partial charge in [0.2, 0.25) is 0 Å². The van der Waals surface area contributed by atoms with Crippen LogP contribution in [0.3, 0.4) is 0 Å². The van der Waals surface area contributed by atoms with E-state index in [0.29, 0.717) is 5.46 Å². The number of rotatable bonds is 1. The molecule has 0 saturated carbocycles. The minimum atomic E-state index is -1.31. The third-order valence-corrected chi connectivity index (χ3v) is 1.54. The molecule has 0 amide bonds. The normalized spacial score (nSPS) is 8.14. The van der Waals surface area contributed by atoms with Crippen LogP contribution in [0.5, 0.6) is 0 Å². The molecule has 14 heavy (non-hydrogen) atoms. The molecule has 0 spiro atoms. The van der Waals surface area contributed by atoms with E-state index >= 15 is 0 Å². The Labute approximate surface area is 94.6 Å². The van der Waals surface area contributed by atoms with Crippen LogP contribution in [-0.2, 0) is 17.1 Å². The molecule has 0 aliphatic heterocycles. The molecule has 0 radical (unpaired) electrons. The van der Waals surface area contributed by atoms with Crippen LogP contribution in [-0.4, -0.2) is 17.2 Å². The first-order valence-electron chi connectivity index (χ1n) is 4.05. The number of hydrogen-bond donors (Lipinski definition) is 2. The maximum atomic E-state index is 8.47.